The van der Waals surface area contributed by atoms with Gasteiger partial charge >= 0.3 is 0 Å². The van der Waals surface area contributed by atoms with Gasteiger partial charge in [-0.15, -0.1) is 0 Å². The van der Waals surface area contributed by atoms with E-state index in [4.69, 9.17) is 10.5 Å². The number of rotatable bonds is 5. The van der Waals surface area contributed by atoms with Gasteiger partial charge in [0.05, 0.1) is 0 Å². The van der Waals surface area contributed by atoms with Crippen LogP contribution in [0, 0.1) is 0 Å². The van der Waals surface area contributed by atoms with Crippen LogP contribution < -0.4 is 10.5 Å². The smallest absolute Gasteiger partial charge is 0.244 e. The van der Waals surface area contributed by atoms with E-state index >= 15 is 0 Å². The molecule has 0 heterocycles. The number of hydrogen-bond donors (Lipinski definition) is 1. The number of hydrogen-bond acceptors (Lipinski definition) is 2. The van der Waals surface area contributed by atoms with Gasteiger partial charge in [-0.25, -0.2) is 0 Å². The first kappa shape index (κ1) is 12.3. The van der Waals surface area contributed by atoms with Crippen molar-refractivity contribution in [3.05, 3.63) is 42.0 Å². The first-order valence-corrected chi connectivity index (χ1v) is 5.33. The molecule has 0 saturated carbocycles. The van der Waals surface area contributed by atoms with Crippen LogP contribution in [0.15, 0.2) is 42.0 Å². The highest BCUT2D eigenvalue weighted by Crippen LogP contribution is 2.14. The molecule has 1 unspecified atom stereocenters. The van der Waals surface area contributed by atoms with Gasteiger partial charge in [0, 0.05) is 5.57 Å². The Bertz CT molecular complexity index is 371. The van der Waals surface area contributed by atoms with Crippen molar-refractivity contribution in [1.82, 2.24) is 0 Å². The summed E-state index contributed by atoms with van der Waals surface area (Å²) in [4.78, 5) is 10.9. The number of carbonyl (C=O) groups excluding carboxylic acids is 1. The molecule has 0 saturated heterocycles. The summed E-state index contributed by atoms with van der Waals surface area (Å²) in [5.41, 5.74) is 5.70. The SMILES string of the molecule is CCC(C=C(C)C(N)=O)Oc1ccccc1. The monoisotopic (exact) mass is 219 g/mol. The van der Waals surface area contributed by atoms with Gasteiger partial charge in [0.2, 0.25) is 5.91 Å². The Hall–Kier alpha value is -1.77. The fourth-order valence-electron chi connectivity index (χ4n) is 1.27. The zero-order valence-corrected chi connectivity index (χ0v) is 9.64. The van der Waals surface area contributed by atoms with Crippen molar-refractivity contribution >= 4 is 5.91 Å². The summed E-state index contributed by atoms with van der Waals surface area (Å²) < 4.78 is 5.70. The van der Waals surface area contributed by atoms with Gasteiger partial charge in [-0.1, -0.05) is 25.1 Å². The number of para-hydroxylation sites is 1. The molecule has 1 rings (SSSR count). The Balaban J connectivity index is 2.70. The number of primary amides is 1. The molecule has 2 N–H and O–H groups in total. The van der Waals surface area contributed by atoms with Gasteiger partial charge in [0.15, 0.2) is 0 Å². The molecular weight excluding hydrogens is 202 g/mol. The van der Waals surface area contributed by atoms with Gasteiger partial charge in [-0.05, 0) is 31.6 Å². The summed E-state index contributed by atoms with van der Waals surface area (Å²) in [5, 5.41) is 0. The van der Waals surface area contributed by atoms with Crippen LogP contribution in [0.25, 0.3) is 0 Å². The maximum absolute atomic E-state index is 10.9. The number of ether oxygens (including phenoxy) is 1. The van der Waals surface area contributed by atoms with Crippen molar-refractivity contribution in [1.29, 1.82) is 0 Å². The second-order valence-corrected chi connectivity index (χ2v) is 3.59. The lowest BCUT2D eigenvalue weighted by Gasteiger charge is -2.14. The Morgan fingerprint density at radius 1 is 1.44 bits per heavy atom. The van der Waals surface area contributed by atoms with Crippen LogP contribution in [0.1, 0.15) is 20.3 Å². The third kappa shape index (κ3) is 3.77. The van der Waals surface area contributed by atoms with Crippen LogP contribution in [-0.4, -0.2) is 12.0 Å². The Morgan fingerprint density at radius 2 is 2.06 bits per heavy atom. The maximum atomic E-state index is 10.9. The first-order valence-electron chi connectivity index (χ1n) is 5.33. The summed E-state index contributed by atoms with van der Waals surface area (Å²) in [6.07, 6.45) is 2.43. The quantitative estimate of drug-likeness (QED) is 0.772. The summed E-state index contributed by atoms with van der Waals surface area (Å²) in [6.45, 7) is 3.69. The van der Waals surface area contributed by atoms with E-state index in [1.54, 1.807) is 13.0 Å². The zero-order chi connectivity index (χ0) is 12.0. The van der Waals surface area contributed by atoms with Crippen LogP contribution in [0.3, 0.4) is 0 Å². The van der Waals surface area contributed by atoms with Gasteiger partial charge in [0.1, 0.15) is 11.9 Å². The largest absolute Gasteiger partial charge is 0.486 e. The highest BCUT2D eigenvalue weighted by Gasteiger charge is 2.07. The third-order valence-corrected chi connectivity index (χ3v) is 2.26. The average molecular weight is 219 g/mol. The van der Waals surface area contributed by atoms with E-state index in [1.807, 2.05) is 37.3 Å². The second-order valence-electron chi connectivity index (χ2n) is 3.59. The normalized spacial score (nSPS) is 13.2. The van der Waals surface area contributed by atoms with Crippen LogP contribution in [0.2, 0.25) is 0 Å². The molecule has 1 amide bonds. The standard InChI is InChI=1S/C13H17NO2/c1-3-11(9-10(2)13(14)15)16-12-7-5-4-6-8-12/h4-9,11H,3H2,1-2H3,(H2,14,15). The fourth-order valence-corrected chi connectivity index (χ4v) is 1.27. The van der Waals surface area contributed by atoms with E-state index < -0.39 is 5.91 Å². The van der Waals surface area contributed by atoms with Crippen LogP contribution in [0.5, 0.6) is 5.75 Å². The Kier molecular flexibility index (Phi) is 4.58. The van der Waals surface area contributed by atoms with Crippen molar-refractivity contribution in [3.63, 3.8) is 0 Å². The molecule has 3 heteroatoms. The minimum Gasteiger partial charge on any atom is -0.486 e. The maximum Gasteiger partial charge on any atom is 0.244 e. The predicted molar refractivity (Wildman–Crippen MR) is 64.1 cm³/mol. The minimum atomic E-state index is -0.407. The minimum absolute atomic E-state index is 0.116. The molecule has 0 spiro atoms. The van der Waals surface area contributed by atoms with Crippen LogP contribution in [-0.2, 0) is 4.79 Å². The Labute approximate surface area is 95.9 Å². The number of carbonyl (C=O) groups is 1. The van der Waals surface area contributed by atoms with Gasteiger partial charge in [0.25, 0.3) is 0 Å². The summed E-state index contributed by atoms with van der Waals surface area (Å²) in [5.74, 6) is 0.387. The molecule has 3 nitrogen and oxygen atoms in total. The Morgan fingerprint density at radius 3 is 2.56 bits per heavy atom. The van der Waals surface area contributed by atoms with E-state index in [-0.39, 0.29) is 6.10 Å². The fraction of sp³-hybridized carbons (Fsp3) is 0.308. The molecular formula is C13H17NO2. The average Bonchev–Trinajstić information content (AvgIpc) is 2.29. The number of benzene rings is 1. The summed E-state index contributed by atoms with van der Waals surface area (Å²) >= 11 is 0. The highest BCUT2D eigenvalue weighted by molar-refractivity contribution is 5.91. The summed E-state index contributed by atoms with van der Waals surface area (Å²) in [6, 6.07) is 9.52. The molecule has 0 radical (unpaired) electrons. The van der Waals surface area contributed by atoms with Gasteiger partial charge < -0.3 is 10.5 Å². The van der Waals surface area contributed by atoms with Crippen molar-refractivity contribution in [2.75, 3.05) is 0 Å². The molecule has 0 aromatic heterocycles. The van der Waals surface area contributed by atoms with Crippen molar-refractivity contribution in [3.8, 4) is 5.75 Å². The lowest BCUT2D eigenvalue weighted by Crippen LogP contribution is -2.17. The number of amides is 1. The lowest BCUT2D eigenvalue weighted by atomic mass is 10.1. The van der Waals surface area contributed by atoms with Crippen molar-refractivity contribution in [2.45, 2.75) is 26.4 Å². The van der Waals surface area contributed by atoms with E-state index in [1.165, 1.54) is 0 Å². The second kappa shape index (κ2) is 5.95. The van der Waals surface area contributed by atoms with Crippen LogP contribution in [0.4, 0.5) is 0 Å². The molecule has 1 aromatic carbocycles. The molecule has 0 aliphatic heterocycles. The molecule has 0 aliphatic rings. The van der Waals surface area contributed by atoms with E-state index in [0.29, 0.717) is 5.57 Å². The van der Waals surface area contributed by atoms with Crippen molar-refractivity contribution in [2.24, 2.45) is 5.73 Å². The van der Waals surface area contributed by atoms with E-state index in [0.717, 1.165) is 12.2 Å². The topological polar surface area (TPSA) is 52.3 Å². The number of nitrogens with two attached hydrogens (primary N) is 1. The molecule has 1 aromatic rings. The molecule has 0 aliphatic carbocycles. The first-order chi connectivity index (χ1) is 7.63. The van der Waals surface area contributed by atoms with Crippen molar-refractivity contribution < 1.29 is 9.53 Å². The molecule has 1 atom stereocenters. The van der Waals surface area contributed by atoms with Gasteiger partial charge in [-0.2, -0.15) is 0 Å². The van der Waals surface area contributed by atoms with E-state index in [9.17, 15) is 4.79 Å². The molecule has 0 fully saturated rings. The lowest BCUT2D eigenvalue weighted by molar-refractivity contribution is -0.114. The highest BCUT2D eigenvalue weighted by atomic mass is 16.5. The van der Waals surface area contributed by atoms with Crippen LogP contribution >= 0.6 is 0 Å². The molecule has 86 valence electrons. The summed E-state index contributed by atoms with van der Waals surface area (Å²) in [7, 11) is 0. The predicted octanol–water partition coefficient (Wildman–Crippen LogP) is 2.28. The zero-order valence-electron chi connectivity index (χ0n) is 9.64. The third-order valence-electron chi connectivity index (χ3n) is 2.26. The van der Waals surface area contributed by atoms with Gasteiger partial charge in [-0.3, -0.25) is 4.79 Å². The molecule has 0 bridgehead atoms. The van der Waals surface area contributed by atoms with E-state index in [2.05, 4.69) is 0 Å². The molecule has 16 heavy (non-hydrogen) atoms.